The second-order valence-electron chi connectivity index (χ2n) is 4.98. The molecule has 1 atom stereocenters. The Morgan fingerprint density at radius 3 is 2.10 bits per heavy atom. The molecule has 1 N–H and O–H groups in total. The fraction of sp³-hybridized carbons (Fsp3) is 0.250. The molecule has 1 unspecified atom stereocenters. The van der Waals surface area contributed by atoms with E-state index in [1.807, 2.05) is 6.92 Å². The zero-order chi connectivity index (χ0) is 15.0. The van der Waals surface area contributed by atoms with Crippen LogP contribution >= 0.6 is 11.6 Å². The molecule has 0 aliphatic rings. The summed E-state index contributed by atoms with van der Waals surface area (Å²) in [5, 5.41) is 11.0. The van der Waals surface area contributed by atoms with E-state index in [0.717, 1.165) is 17.2 Å². The fourth-order valence-electron chi connectivity index (χ4n) is 2.15. The Morgan fingerprint density at radius 2 is 1.45 bits per heavy atom. The maximum absolute atomic E-state index is 13.9. The average Bonchev–Trinajstić information content (AvgIpc) is 2.37. The molecule has 0 saturated carbocycles. The van der Waals surface area contributed by atoms with E-state index in [-0.39, 0.29) is 5.56 Å². The number of benzene rings is 2. The van der Waals surface area contributed by atoms with E-state index in [1.54, 1.807) is 19.1 Å². The van der Waals surface area contributed by atoms with Crippen LogP contribution in [0.15, 0.2) is 24.3 Å². The minimum atomic E-state index is -1.15. The van der Waals surface area contributed by atoms with Gasteiger partial charge >= 0.3 is 0 Å². The van der Waals surface area contributed by atoms with Crippen molar-refractivity contribution in [3.05, 3.63) is 68.7 Å². The van der Waals surface area contributed by atoms with Gasteiger partial charge in [-0.15, -0.1) is 0 Å². The molecule has 0 aliphatic carbocycles. The van der Waals surface area contributed by atoms with E-state index in [1.165, 1.54) is 13.0 Å². The zero-order valence-electron chi connectivity index (χ0n) is 11.5. The topological polar surface area (TPSA) is 20.2 Å². The number of hydrogen-bond acceptors (Lipinski definition) is 1. The fourth-order valence-corrected chi connectivity index (χ4v) is 2.37. The van der Waals surface area contributed by atoms with Gasteiger partial charge in [-0.2, -0.15) is 0 Å². The van der Waals surface area contributed by atoms with E-state index in [0.29, 0.717) is 16.1 Å². The van der Waals surface area contributed by atoms with Crippen molar-refractivity contribution in [1.82, 2.24) is 0 Å². The quantitative estimate of drug-likeness (QED) is 0.857. The summed E-state index contributed by atoms with van der Waals surface area (Å²) < 4.78 is 27.1. The van der Waals surface area contributed by atoms with Gasteiger partial charge in [0, 0.05) is 16.7 Å². The van der Waals surface area contributed by atoms with Gasteiger partial charge in [-0.05, 0) is 55.2 Å². The lowest BCUT2D eigenvalue weighted by atomic mass is 9.94. The summed E-state index contributed by atoms with van der Waals surface area (Å²) in [6, 6.07) is 5.58. The molecule has 0 heterocycles. The molecule has 0 fully saturated rings. The summed E-state index contributed by atoms with van der Waals surface area (Å²) in [5.41, 5.74) is 2.48. The van der Waals surface area contributed by atoms with Gasteiger partial charge in [-0.25, -0.2) is 8.78 Å². The standard InChI is InChI=1S/C16H15ClF2O/c1-8-6-13(17)9(2)4-11(8)16(20)12-5-10(3)14(18)7-15(12)19/h4-7,16,20H,1-3H3. The van der Waals surface area contributed by atoms with Gasteiger partial charge in [0.1, 0.15) is 17.7 Å². The Bertz CT molecular complexity index is 611. The molecular weight excluding hydrogens is 282 g/mol. The van der Waals surface area contributed by atoms with Crippen LogP contribution < -0.4 is 0 Å². The minimum absolute atomic E-state index is 0.0636. The Hall–Kier alpha value is -1.45. The number of rotatable bonds is 2. The van der Waals surface area contributed by atoms with Crippen molar-refractivity contribution in [2.24, 2.45) is 0 Å². The van der Waals surface area contributed by atoms with E-state index in [2.05, 4.69) is 0 Å². The van der Waals surface area contributed by atoms with Crippen LogP contribution in [-0.4, -0.2) is 5.11 Å². The van der Waals surface area contributed by atoms with E-state index in [9.17, 15) is 13.9 Å². The van der Waals surface area contributed by atoms with Crippen molar-refractivity contribution in [2.75, 3.05) is 0 Å². The summed E-state index contributed by atoms with van der Waals surface area (Å²) in [6.45, 7) is 5.13. The molecule has 2 aromatic carbocycles. The molecule has 0 bridgehead atoms. The normalized spacial score (nSPS) is 12.6. The molecule has 2 aromatic rings. The Morgan fingerprint density at radius 1 is 0.850 bits per heavy atom. The van der Waals surface area contributed by atoms with Crippen molar-refractivity contribution >= 4 is 11.6 Å². The summed E-state index contributed by atoms with van der Waals surface area (Å²) in [5.74, 6) is -1.38. The molecule has 0 spiro atoms. The van der Waals surface area contributed by atoms with Crippen molar-refractivity contribution < 1.29 is 13.9 Å². The van der Waals surface area contributed by atoms with E-state index >= 15 is 0 Å². The van der Waals surface area contributed by atoms with Gasteiger partial charge in [0.15, 0.2) is 0 Å². The van der Waals surface area contributed by atoms with Gasteiger partial charge in [0.25, 0.3) is 0 Å². The zero-order valence-corrected chi connectivity index (χ0v) is 12.2. The molecule has 2 rings (SSSR count). The highest BCUT2D eigenvalue weighted by molar-refractivity contribution is 6.31. The van der Waals surface area contributed by atoms with Crippen molar-refractivity contribution in [2.45, 2.75) is 26.9 Å². The summed E-state index contributed by atoms with van der Waals surface area (Å²) in [7, 11) is 0. The number of aliphatic hydroxyl groups is 1. The highest BCUT2D eigenvalue weighted by Gasteiger charge is 2.19. The number of aryl methyl sites for hydroxylation is 3. The summed E-state index contributed by atoms with van der Waals surface area (Å²) >= 11 is 6.01. The minimum Gasteiger partial charge on any atom is -0.384 e. The molecule has 0 aliphatic heterocycles. The SMILES string of the molecule is Cc1cc(C(O)c2cc(C)c(Cl)cc2C)c(F)cc1F. The van der Waals surface area contributed by atoms with Crippen LogP contribution in [0.1, 0.15) is 33.9 Å². The molecule has 0 amide bonds. The Balaban J connectivity index is 2.54. The lowest BCUT2D eigenvalue weighted by Crippen LogP contribution is -2.06. The second-order valence-corrected chi connectivity index (χ2v) is 5.39. The predicted octanol–water partition coefficient (Wildman–Crippen LogP) is 4.63. The second kappa shape index (κ2) is 5.51. The summed E-state index contributed by atoms with van der Waals surface area (Å²) in [4.78, 5) is 0. The maximum atomic E-state index is 13.9. The number of aliphatic hydroxyl groups excluding tert-OH is 1. The predicted molar refractivity (Wildman–Crippen MR) is 76.1 cm³/mol. The third kappa shape index (κ3) is 2.69. The molecule has 106 valence electrons. The third-order valence-electron chi connectivity index (χ3n) is 3.41. The molecule has 4 heteroatoms. The highest BCUT2D eigenvalue weighted by Crippen LogP contribution is 2.31. The van der Waals surface area contributed by atoms with Crippen LogP contribution in [0.3, 0.4) is 0 Å². The molecule has 0 radical (unpaired) electrons. The first-order chi connectivity index (χ1) is 9.31. The van der Waals surface area contributed by atoms with Crippen LogP contribution in [0.2, 0.25) is 5.02 Å². The molecule has 20 heavy (non-hydrogen) atoms. The first-order valence-corrected chi connectivity index (χ1v) is 6.59. The Kier molecular flexibility index (Phi) is 4.11. The van der Waals surface area contributed by atoms with Crippen LogP contribution in [0, 0.1) is 32.4 Å². The number of halogens is 3. The first-order valence-electron chi connectivity index (χ1n) is 6.21. The smallest absolute Gasteiger partial charge is 0.132 e. The van der Waals surface area contributed by atoms with Gasteiger partial charge < -0.3 is 5.11 Å². The van der Waals surface area contributed by atoms with E-state index < -0.39 is 17.7 Å². The van der Waals surface area contributed by atoms with Gasteiger partial charge in [0.05, 0.1) is 0 Å². The van der Waals surface area contributed by atoms with Crippen LogP contribution in [0.5, 0.6) is 0 Å². The molecule has 1 nitrogen and oxygen atoms in total. The van der Waals surface area contributed by atoms with Gasteiger partial charge in [0.2, 0.25) is 0 Å². The Labute approximate surface area is 121 Å². The lowest BCUT2D eigenvalue weighted by Gasteiger charge is -2.17. The maximum Gasteiger partial charge on any atom is 0.132 e. The summed E-state index contributed by atoms with van der Waals surface area (Å²) in [6.07, 6.45) is -1.15. The average molecular weight is 297 g/mol. The largest absolute Gasteiger partial charge is 0.384 e. The third-order valence-corrected chi connectivity index (χ3v) is 3.82. The molecule has 0 saturated heterocycles. The van der Waals surface area contributed by atoms with Crippen molar-refractivity contribution in [3.63, 3.8) is 0 Å². The van der Waals surface area contributed by atoms with Crippen LogP contribution in [-0.2, 0) is 0 Å². The molecule has 0 aromatic heterocycles. The van der Waals surface area contributed by atoms with Crippen molar-refractivity contribution in [1.29, 1.82) is 0 Å². The van der Waals surface area contributed by atoms with Crippen LogP contribution in [0.4, 0.5) is 8.78 Å². The lowest BCUT2D eigenvalue weighted by molar-refractivity contribution is 0.214. The molecular formula is C16H15ClF2O. The monoisotopic (exact) mass is 296 g/mol. The van der Waals surface area contributed by atoms with E-state index in [4.69, 9.17) is 11.6 Å². The number of hydrogen-bond donors (Lipinski definition) is 1. The first kappa shape index (κ1) is 14.9. The van der Waals surface area contributed by atoms with Crippen molar-refractivity contribution in [3.8, 4) is 0 Å². The van der Waals surface area contributed by atoms with Gasteiger partial charge in [-0.1, -0.05) is 17.7 Å². The highest BCUT2D eigenvalue weighted by atomic mass is 35.5. The van der Waals surface area contributed by atoms with Crippen LogP contribution in [0.25, 0.3) is 0 Å². The van der Waals surface area contributed by atoms with Gasteiger partial charge in [-0.3, -0.25) is 0 Å².